The zero-order valence-corrected chi connectivity index (χ0v) is 10.9. The Morgan fingerprint density at radius 1 is 1.41 bits per heavy atom. The first-order valence-corrected chi connectivity index (χ1v) is 6.70. The molecule has 0 aliphatic carbocycles. The molecular weight excluding hydrogens is 216 g/mol. The SMILES string of the molecule is CCC(CC)NC(=O)CN1CCCCC1C=O. The molecule has 1 N–H and O–H groups in total. The number of rotatable bonds is 6. The predicted octanol–water partition coefficient (Wildman–Crippen LogP) is 1.34. The number of carbonyl (C=O) groups is 2. The molecule has 1 aliphatic rings. The van der Waals surface area contributed by atoms with Crippen LogP contribution < -0.4 is 5.32 Å². The Kier molecular flexibility index (Phi) is 6.19. The van der Waals surface area contributed by atoms with Crippen LogP contribution in [0.4, 0.5) is 0 Å². The molecule has 0 aromatic heterocycles. The molecule has 0 aromatic rings. The van der Waals surface area contributed by atoms with Crippen molar-refractivity contribution in [2.45, 2.75) is 58.0 Å². The van der Waals surface area contributed by atoms with Crippen molar-refractivity contribution in [2.75, 3.05) is 13.1 Å². The van der Waals surface area contributed by atoms with Crippen molar-refractivity contribution in [3.05, 3.63) is 0 Å². The van der Waals surface area contributed by atoms with E-state index in [4.69, 9.17) is 0 Å². The minimum Gasteiger partial charge on any atom is -0.352 e. The Morgan fingerprint density at radius 3 is 2.71 bits per heavy atom. The molecular formula is C13H24N2O2. The molecule has 1 rings (SSSR count). The molecule has 1 amide bonds. The van der Waals surface area contributed by atoms with Gasteiger partial charge in [-0.15, -0.1) is 0 Å². The lowest BCUT2D eigenvalue weighted by Gasteiger charge is -2.31. The number of carbonyl (C=O) groups excluding carboxylic acids is 2. The van der Waals surface area contributed by atoms with Gasteiger partial charge in [0, 0.05) is 6.04 Å². The lowest BCUT2D eigenvalue weighted by Crippen LogP contribution is -2.48. The average Bonchev–Trinajstić information content (AvgIpc) is 2.36. The number of piperidine rings is 1. The van der Waals surface area contributed by atoms with Crippen LogP contribution in [0.5, 0.6) is 0 Å². The molecule has 0 aromatic carbocycles. The summed E-state index contributed by atoms with van der Waals surface area (Å²) in [6.45, 7) is 5.37. The van der Waals surface area contributed by atoms with Gasteiger partial charge in [-0.2, -0.15) is 0 Å². The highest BCUT2D eigenvalue weighted by molar-refractivity contribution is 5.78. The smallest absolute Gasteiger partial charge is 0.234 e. The third-order valence-electron chi connectivity index (χ3n) is 3.52. The number of nitrogens with one attached hydrogen (secondary N) is 1. The minimum absolute atomic E-state index is 0.0486. The van der Waals surface area contributed by atoms with E-state index in [1.165, 1.54) is 0 Å². The van der Waals surface area contributed by atoms with E-state index >= 15 is 0 Å². The van der Waals surface area contributed by atoms with Gasteiger partial charge in [-0.25, -0.2) is 0 Å². The molecule has 0 radical (unpaired) electrons. The van der Waals surface area contributed by atoms with Crippen molar-refractivity contribution in [1.29, 1.82) is 0 Å². The number of nitrogens with zero attached hydrogens (tertiary/aromatic N) is 1. The first-order valence-electron chi connectivity index (χ1n) is 6.70. The maximum absolute atomic E-state index is 11.8. The quantitative estimate of drug-likeness (QED) is 0.713. The number of likely N-dealkylation sites (tertiary alicyclic amines) is 1. The first-order chi connectivity index (χ1) is 8.21. The van der Waals surface area contributed by atoms with Crippen molar-refractivity contribution in [1.82, 2.24) is 10.2 Å². The summed E-state index contributed by atoms with van der Waals surface area (Å²) in [4.78, 5) is 24.7. The van der Waals surface area contributed by atoms with Crippen molar-refractivity contribution in [2.24, 2.45) is 0 Å². The predicted molar refractivity (Wildman–Crippen MR) is 67.8 cm³/mol. The van der Waals surface area contributed by atoms with Crippen LogP contribution in [0.25, 0.3) is 0 Å². The Morgan fingerprint density at radius 2 is 2.12 bits per heavy atom. The molecule has 1 heterocycles. The fourth-order valence-electron chi connectivity index (χ4n) is 2.32. The van der Waals surface area contributed by atoms with Gasteiger partial charge in [0.15, 0.2) is 0 Å². The van der Waals surface area contributed by atoms with E-state index in [-0.39, 0.29) is 18.0 Å². The molecule has 1 unspecified atom stereocenters. The summed E-state index contributed by atoms with van der Waals surface area (Å²) in [6.07, 6.45) is 5.96. The molecule has 0 bridgehead atoms. The van der Waals surface area contributed by atoms with E-state index in [0.717, 1.165) is 44.9 Å². The van der Waals surface area contributed by atoms with Crippen LogP contribution in [0.15, 0.2) is 0 Å². The summed E-state index contributed by atoms with van der Waals surface area (Å²) in [7, 11) is 0. The summed E-state index contributed by atoms with van der Waals surface area (Å²) in [5.41, 5.74) is 0. The molecule has 0 saturated carbocycles. The molecule has 4 heteroatoms. The number of amides is 1. The fraction of sp³-hybridized carbons (Fsp3) is 0.846. The standard InChI is InChI=1S/C13H24N2O2/c1-3-11(4-2)14-13(17)9-15-8-6-5-7-12(15)10-16/h10-12H,3-9H2,1-2H3,(H,14,17). The van der Waals surface area contributed by atoms with Gasteiger partial charge in [0.2, 0.25) is 5.91 Å². The largest absolute Gasteiger partial charge is 0.352 e. The number of hydrogen-bond acceptors (Lipinski definition) is 3. The van der Waals surface area contributed by atoms with Gasteiger partial charge >= 0.3 is 0 Å². The Hall–Kier alpha value is -0.900. The van der Waals surface area contributed by atoms with Gasteiger partial charge in [0.05, 0.1) is 12.6 Å². The second-order valence-corrected chi connectivity index (χ2v) is 4.75. The molecule has 1 atom stereocenters. The van der Waals surface area contributed by atoms with Crippen molar-refractivity contribution in [3.8, 4) is 0 Å². The van der Waals surface area contributed by atoms with Gasteiger partial charge in [0.25, 0.3) is 0 Å². The summed E-state index contributed by atoms with van der Waals surface area (Å²) in [5.74, 6) is 0.0486. The topological polar surface area (TPSA) is 49.4 Å². The summed E-state index contributed by atoms with van der Waals surface area (Å²) in [5, 5.41) is 3.01. The van der Waals surface area contributed by atoms with E-state index in [1.54, 1.807) is 0 Å². The molecule has 1 saturated heterocycles. The van der Waals surface area contributed by atoms with Crippen molar-refractivity contribution in [3.63, 3.8) is 0 Å². The number of hydrogen-bond donors (Lipinski definition) is 1. The van der Waals surface area contributed by atoms with Crippen LogP contribution in [0.2, 0.25) is 0 Å². The Labute approximate surface area is 104 Å². The van der Waals surface area contributed by atoms with Crippen LogP contribution in [-0.4, -0.2) is 42.3 Å². The summed E-state index contributed by atoms with van der Waals surface area (Å²) in [6, 6.07) is 0.207. The average molecular weight is 240 g/mol. The van der Waals surface area contributed by atoms with E-state index in [1.807, 2.05) is 4.90 Å². The van der Waals surface area contributed by atoms with E-state index in [9.17, 15) is 9.59 Å². The van der Waals surface area contributed by atoms with E-state index < -0.39 is 0 Å². The highest BCUT2D eigenvalue weighted by Gasteiger charge is 2.23. The second kappa shape index (κ2) is 7.43. The number of aldehydes is 1. The first kappa shape index (κ1) is 14.2. The second-order valence-electron chi connectivity index (χ2n) is 4.75. The third kappa shape index (κ3) is 4.46. The van der Waals surface area contributed by atoms with E-state index in [2.05, 4.69) is 19.2 Å². The van der Waals surface area contributed by atoms with Gasteiger partial charge in [0.1, 0.15) is 6.29 Å². The monoisotopic (exact) mass is 240 g/mol. The van der Waals surface area contributed by atoms with Crippen LogP contribution in [0, 0.1) is 0 Å². The maximum Gasteiger partial charge on any atom is 0.234 e. The molecule has 1 aliphatic heterocycles. The van der Waals surface area contributed by atoms with Gasteiger partial charge in [-0.1, -0.05) is 20.3 Å². The van der Waals surface area contributed by atoms with Crippen molar-refractivity contribution < 1.29 is 9.59 Å². The molecule has 1 fully saturated rings. The summed E-state index contributed by atoms with van der Waals surface area (Å²) >= 11 is 0. The fourth-order valence-corrected chi connectivity index (χ4v) is 2.32. The van der Waals surface area contributed by atoms with Crippen LogP contribution in [-0.2, 0) is 9.59 Å². The van der Waals surface area contributed by atoms with E-state index in [0.29, 0.717) is 6.54 Å². The van der Waals surface area contributed by atoms with Gasteiger partial charge in [-0.05, 0) is 32.2 Å². The molecule has 17 heavy (non-hydrogen) atoms. The van der Waals surface area contributed by atoms with Crippen molar-refractivity contribution >= 4 is 12.2 Å². The highest BCUT2D eigenvalue weighted by Crippen LogP contribution is 2.14. The lowest BCUT2D eigenvalue weighted by molar-refractivity contribution is -0.125. The summed E-state index contributed by atoms with van der Waals surface area (Å²) < 4.78 is 0. The Bertz CT molecular complexity index is 252. The van der Waals surface area contributed by atoms with Crippen LogP contribution in [0.3, 0.4) is 0 Å². The molecule has 4 nitrogen and oxygen atoms in total. The minimum atomic E-state index is -0.0591. The van der Waals surface area contributed by atoms with Crippen LogP contribution in [0.1, 0.15) is 46.0 Å². The molecule has 0 spiro atoms. The van der Waals surface area contributed by atoms with Gasteiger partial charge < -0.3 is 10.1 Å². The third-order valence-corrected chi connectivity index (χ3v) is 3.52. The maximum atomic E-state index is 11.8. The van der Waals surface area contributed by atoms with Crippen LogP contribution >= 0.6 is 0 Å². The molecule has 98 valence electrons. The zero-order chi connectivity index (χ0) is 12.7. The zero-order valence-electron chi connectivity index (χ0n) is 10.9. The lowest BCUT2D eigenvalue weighted by atomic mass is 10.0. The van der Waals surface area contributed by atoms with Gasteiger partial charge in [-0.3, -0.25) is 9.69 Å². The Balaban J connectivity index is 2.40. The highest BCUT2D eigenvalue weighted by atomic mass is 16.2. The normalized spacial score (nSPS) is 21.5.